The molecule has 88 valence electrons. The SMILES string of the molecule is O=C1CN(C(=O)C2CCCCS2)CC(=O)N1. The summed E-state index contributed by atoms with van der Waals surface area (Å²) in [6.45, 7) is 0.0310. The van der Waals surface area contributed by atoms with Crippen LogP contribution < -0.4 is 5.32 Å². The van der Waals surface area contributed by atoms with Gasteiger partial charge in [0.25, 0.3) is 0 Å². The highest BCUT2D eigenvalue weighted by Crippen LogP contribution is 2.26. The largest absolute Gasteiger partial charge is 0.323 e. The van der Waals surface area contributed by atoms with Crippen molar-refractivity contribution >= 4 is 29.5 Å². The van der Waals surface area contributed by atoms with Gasteiger partial charge in [0, 0.05) is 0 Å². The fourth-order valence-electron chi connectivity index (χ4n) is 1.93. The highest BCUT2D eigenvalue weighted by molar-refractivity contribution is 8.00. The van der Waals surface area contributed by atoms with Gasteiger partial charge in [-0.05, 0) is 18.6 Å². The second-order valence-electron chi connectivity index (χ2n) is 4.02. The normalized spacial score (nSPS) is 26.5. The van der Waals surface area contributed by atoms with Crippen molar-refractivity contribution in [2.45, 2.75) is 24.5 Å². The maximum atomic E-state index is 12.0. The van der Waals surface area contributed by atoms with Crippen LogP contribution in [-0.2, 0) is 14.4 Å². The van der Waals surface area contributed by atoms with Crippen molar-refractivity contribution in [3.05, 3.63) is 0 Å². The summed E-state index contributed by atoms with van der Waals surface area (Å²) >= 11 is 1.63. The van der Waals surface area contributed by atoms with E-state index in [1.165, 1.54) is 4.90 Å². The van der Waals surface area contributed by atoms with E-state index in [1.807, 2.05) is 0 Å². The number of amides is 3. The second kappa shape index (κ2) is 4.86. The number of nitrogens with one attached hydrogen (secondary N) is 1. The lowest BCUT2D eigenvalue weighted by Crippen LogP contribution is -2.55. The second-order valence-corrected chi connectivity index (χ2v) is 5.33. The molecular weight excluding hydrogens is 228 g/mol. The number of carbonyl (C=O) groups excluding carboxylic acids is 3. The zero-order chi connectivity index (χ0) is 11.5. The molecule has 0 bridgehead atoms. The summed E-state index contributed by atoms with van der Waals surface area (Å²) in [5, 5.41) is 2.13. The number of thioether (sulfide) groups is 1. The summed E-state index contributed by atoms with van der Waals surface area (Å²) in [4.78, 5) is 35.7. The van der Waals surface area contributed by atoms with E-state index < -0.39 is 0 Å². The summed E-state index contributed by atoms with van der Waals surface area (Å²) in [7, 11) is 0. The molecule has 0 aromatic heterocycles. The van der Waals surface area contributed by atoms with Gasteiger partial charge in [0.2, 0.25) is 17.7 Å². The van der Waals surface area contributed by atoms with Crippen LogP contribution in [0.1, 0.15) is 19.3 Å². The van der Waals surface area contributed by atoms with Crippen LogP contribution in [0.4, 0.5) is 0 Å². The van der Waals surface area contributed by atoms with Crippen LogP contribution in [0.3, 0.4) is 0 Å². The Morgan fingerprint density at radius 1 is 1.25 bits per heavy atom. The van der Waals surface area contributed by atoms with Crippen molar-refractivity contribution in [3.8, 4) is 0 Å². The molecule has 2 aliphatic heterocycles. The first kappa shape index (κ1) is 11.4. The number of carbonyl (C=O) groups is 3. The van der Waals surface area contributed by atoms with E-state index in [0.29, 0.717) is 0 Å². The lowest BCUT2D eigenvalue weighted by Gasteiger charge is -2.30. The Morgan fingerprint density at radius 3 is 2.50 bits per heavy atom. The predicted molar refractivity (Wildman–Crippen MR) is 59.8 cm³/mol. The first-order valence-corrected chi connectivity index (χ1v) is 6.45. The third-order valence-corrected chi connectivity index (χ3v) is 4.08. The summed E-state index contributed by atoms with van der Waals surface area (Å²) in [5.74, 6) is 0.161. The van der Waals surface area contributed by atoms with Crippen molar-refractivity contribution in [3.63, 3.8) is 0 Å². The molecule has 0 aromatic rings. The van der Waals surface area contributed by atoms with Crippen molar-refractivity contribution in [1.82, 2.24) is 10.2 Å². The third-order valence-electron chi connectivity index (χ3n) is 2.71. The molecule has 0 aliphatic carbocycles. The Bertz CT molecular complexity index is 310. The molecule has 0 radical (unpaired) electrons. The number of rotatable bonds is 1. The Kier molecular flexibility index (Phi) is 3.48. The minimum atomic E-state index is -0.384. The standard InChI is InChI=1S/C10H14N2O3S/c13-8-5-12(6-9(14)11-8)10(15)7-3-1-2-4-16-7/h7H,1-6H2,(H,11,13,14). The van der Waals surface area contributed by atoms with E-state index in [1.54, 1.807) is 11.8 Å². The van der Waals surface area contributed by atoms with Crippen LogP contribution in [0.5, 0.6) is 0 Å². The summed E-state index contributed by atoms with van der Waals surface area (Å²) in [6.07, 6.45) is 3.06. The molecule has 2 saturated heterocycles. The zero-order valence-corrected chi connectivity index (χ0v) is 9.72. The molecule has 1 N–H and O–H groups in total. The lowest BCUT2D eigenvalue weighted by molar-refractivity contribution is -0.145. The van der Waals surface area contributed by atoms with E-state index in [4.69, 9.17) is 0 Å². The van der Waals surface area contributed by atoms with Crippen molar-refractivity contribution < 1.29 is 14.4 Å². The van der Waals surface area contributed by atoms with Crippen LogP contribution in [0.25, 0.3) is 0 Å². The molecule has 2 aliphatic rings. The van der Waals surface area contributed by atoms with Crippen LogP contribution in [0.15, 0.2) is 0 Å². The van der Waals surface area contributed by atoms with Crippen LogP contribution >= 0.6 is 11.8 Å². The molecule has 3 amide bonds. The highest BCUT2D eigenvalue weighted by atomic mass is 32.2. The maximum Gasteiger partial charge on any atom is 0.246 e. The highest BCUT2D eigenvalue weighted by Gasteiger charge is 2.31. The van der Waals surface area contributed by atoms with E-state index in [9.17, 15) is 14.4 Å². The van der Waals surface area contributed by atoms with Crippen molar-refractivity contribution in [2.75, 3.05) is 18.8 Å². The van der Waals surface area contributed by atoms with Gasteiger partial charge in [0.05, 0.1) is 5.25 Å². The molecule has 0 aromatic carbocycles. The molecule has 1 atom stereocenters. The van der Waals surface area contributed by atoms with Gasteiger partial charge in [-0.3, -0.25) is 19.7 Å². The number of piperazine rings is 1. The lowest BCUT2D eigenvalue weighted by atomic mass is 10.1. The molecule has 1 unspecified atom stereocenters. The Labute approximate surface area is 97.9 Å². The van der Waals surface area contributed by atoms with Gasteiger partial charge in [-0.1, -0.05) is 6.42 Å². The third kappa shape index (κ3) is 2.55. The molecule has 2 heterocycles. The van der Waals surface area contributed by atoms with Gasteiger partial charge in [-0.25, -0.2) is 0 Å². The van der Waals surface area contributed by atoms with E-state index >= 15 is 0 Å². The Morgan fingerprint density at radius 2 is 1.94 bits per heavy atom. The van der Waals surface area contributed by atoms with Crippen LogP contribution in [-0.4, -0.2) is 46.7 Å². The van der Waals surface area contributed by atoms with E-state index in [-0.39, 0.29) is 36.1 Å². The van der Waals surface area contributed by atoms with E-state index in [2.05, 4.69) is 5.32 Å². The van der Waals surface area contributed by atoms with Gasteiger partial charge in [-0.2, -0.15) is 0 Å². The average Bonchev–Trinajstić information content (AvgIpc) is 2.28. The van der Waals surface area contributed by atoms with Crippen LogP contribution in [0, 0.1) is 0 Å². The zero-order valence-electron chi connectivity index (χ0n) is 8.90. The fourth-order valence-corrected chi connectivity index (χ4v) is 3.21. The van der Waals surface area contributed by atoms with Gasteiger partial charge >= 0.3 is 0 Å². The number of nitrogens with zero attached hydrogens (tertiary/aromatic N) is 1. The number of imide groups is 1. The van der Waals surface area contributed by atoms with Gasteiger partial charge < -0.3 is 4.90 Å². The molecular formula is C10H14N2O3S. The van der Waals surface area contributed by atoms with Gasteiger partial charge in [0.15, 0.2) is 0 Å². The Hall–Kier alpha value is -1.04. The minimum absolute atomic E-state index is 0.0155. The van der Waals surface area contributed by atoms with Crippen molar-refractivity contribution in [1.29, 1.82) is 0 Å². The average molecular weight is 242 g/mol. The number of hydrogen-bond donors (Lipinski definition) is 1. The van der Waals surface area contributed by atoms with E-state index in [0.717, 1.165) is 25.0 Å². The molecule has 0 saturated carbocycles. The first-order chi connectivity index (χ1) is 7.66. The Balaban J connectivity index is 1.97. The van der Waals surface area contributed by atoms with Crippen LogP contribution in [0.2, 0.25) is 0 Å². The smallest absolute Gasteiger partial charge is 0.246 e. The minimum Gasteiger partial charge on any atom is -0.323 e. The van der Waals surface area contributed by atoms with Gasteiger partial charge in [0.1, 0.15) is 13.1 Å². The topological polar surface area (TPSA) is 66.5 Å². The first-order valence-electron chi connectivity index (χ1n) is 5.40. The maximum absolute atomic E-state index is 12.0. The summed E-state index contributed by atoms with van der Waals surface area (Å²) in [6, 6.07) is 0. The number of hydrogen-bond acceptors (Lipinski definition) is 4. The molecule has 16 heavy (non-hydrogen) atoms. The molecule has 6 heteroatoms. The summed E-state index contributed by atoms with van der Waals surface area (Å²) in [5.41, 5.74) is 0. The molecule has 2 fully saturated rings. The van der Waals surface area contributed by atoms with Gasteiger partial charge in [-0.15, -0.1) is 11.8 Å². The molecule has 5 nitrogen and oxygen atoms in total. The molecule has 0 spiro atoms. The van der Waals surface area contributed by atoms with Crippen molar-refractivity contribution in [2.24, 2.45) is 0 Å². The fraction of sp³-hybridized carbons (Fsp3) is 0.700. The predicted octanol–water partition coefficient (Wildman–Crippen LogP) is -0.243. The summed E-state index contributed by atoms with van der Waals surface area (Å²) < 4.78 is 0. The quantitative estimate of drug-likeness (QED) is 0.644. The molecule has 2 rings (SSSR count). The monoisotopic (exact) mass is 242 g/mol.